The highest BCUT2D eigenvalue weighted by molar-refractivity contribution is 6.08. The molecule has 0 radical (unpaired) electrons. The molecule has 0 spiro atoms. The maximum Gasteiger partial charge on any atom is 0.326 e. The zero-order valence-electron chi connectivity index (χ0n) is 15.4. The van der Waals surface area contributed by atoms with Crippen LogP contribution in [0.2, 0.25) is 0 Å². The average Bonchev–Trinajstić information content (AvgIpc) is 3.46. The summed E-state index contributed by atoms with van der Waals surface area (Å²) < 4.78 is 4.91. The van der Waals surface area contributed by atoms with Crippen molar-refractivity contribution in [3.63, 3.8) is 0 Å². The molecule has 1 aromatic carbocycles. The maximum absolute atomic E-state index is 12.7. The first kappa shape index (κ1) is 18.9. The van der Waals surface area contributed by atoms with Gasteiger partial charge in [-0.05, 0) is 38.2 Å². The standard InChI is InChI=1S/C19H23N3O5/c1-12(13-8-9-13)20-15(23)11-27-16(24)10-22-17(25)19(2,21-18(22)26)14-6-4-3-5-7-14/h3-7,12-13H,8-11H2,1-2H3,(H,20,23)(H,21,26)/t12-,19+/m0/s1. The minimum Gasteiger partial charge on any atom is -0.454 e. The summed E-state index contributed by atoms with van der Waals surface area (Å²) in [6, 6.07) is 8.16. The van der Waals surface area contributed by atoms with E-state index in [2.05, 4.69) is 10.6 Å². The van der Waals surface area contributed by atoms with E-state index in [4.69, 9.17) is 4.74 Å². The van der Waals surface area contributed by atoms with Crippen molar-refractivity contribution in [2.24, 2.45) is 5.92 Å². The molecule has 3 rings (SSSR count). The zero-order valence-corrected chi connectivity index (χ0v) is 15.4. The molecule has 2 fully saturated rings. The van der Waals surface area contributed by atoms with E-state index in [0.717, 1.165) is 17.7 Å². The number of carbonyl (C=O) groups excluding carboxylic acids is 4. The number of benzene rings is 1. The van der Waals surface area contributed by atoms with Crippen molar-refractivity contribution >= 4 is 23.8 Å². The van der Waals surface area contributed by atoms with Crippen LogP contribution in [-0.2, 0) is 24.7 Å². The fraction of sp³-hybridized carbons (Fsp3) is 0.474. The van der Waals surface area contributed by atoms with Crippen molar-refractivity contribution in [1.29, 1.82) is 0 Å². The van der Waals surface area contributed by atoms with Crippen LogP contribution in [0.25, 0.3) is 0 Å². The van der Waals surface area contributed by atoms with Crippen LogP contribution in [0.4, 0.5) is 4.79 Å². The van der Waals surface area contributed by atoms with Gasteiger partial charge in [-0.25, -0.2) is 4.79 Å². The summed E-state index contributed by atoms with van der Waals surface area (Å²) in [7, 11) is 0. The molecule has 2 aliphatic rings. The first-order valence-electron chi connectivity index (χ1n) is 8.96. The fourth-order valence-corrected chi connectivity index (χ4v) is 3.14. The number of hydrogen-bond donors (Lipinski definition) is 2. The number of nitrogens with zero attached hydrogens (tertiary/aromatic N) is 1. The Kier molecular flexibility index (Phi) is 5.16. The summed E-state index contributed by atoms with van der Waals surface area (Å²) >= 11 is 0. The molecule has 1 aromatic rings. The molecule has 0 unspecified atom stereocenters. The van der Waals surface area contributed by atoms with Crippen LogP contribution in [0, 0.1) is 5.92 Å². The highest BCUT2D eigenvalue weighted by Gasteiger charge is 2.49. The van der Waals surface area contributed by atoms with Crippen molar-refractivity contribution in [1.82, 2.24) is 15.5 Å². The monoisotopic (exact) mass is 373 g/mol. The summed E-state index contributed by atoms with van der Waals surface area (Å²) in [6.45, 7) is 2.52. The number of rotatable bonds is 7. The van der Waals surface area contributed by atoms with Crippen LogP contribution in [0.3, 0.4) is 0 Å². The quantitative estimate of drug-likeness (QED) is 0.546. The molecule has 0 aromatic heterocycles. The molecule has 27 heavy (non-hydrogen) atoms. The Balaban J connectivity index is 1.54. The first-order chi connectivity index (χ1) is 12.8. The number of hydrogen-bond acceptors (Lipinski definition) is 5. The maximum atomic E-state index is 12.7. The Morgan fingerprint density at radius 2 is 1.96 bits per heavy atom. The lowest BCUT2D eigenvalue weighted by molar-refractivity contribution is -0.151. The Bertz CT molecular complexity index is 762. The van der Waals surface area contributed by atoms with Crippen LogP contribution in [0.1, 0.15) is 32.3 Å². The van der Waals surface area contributed by atoms with Crippen molar-refractivity contribution < 1.29 is 23.9 Å². The van der Waals surface area contributed by atoms with Gasteiger partial charge in [-0.3, -0.25) is 19.3 Å². The van der Waals surface area contributed by atoms with Gasteiger partial charge in [0, 0.05) is 6.04 Å². The Labute approximate surface area is 157 Å². The minimum atomic E-state index is -1.24. The molecular weight excluding hydrogens is 350 g/mol. The van der Waals surface area contributed by atoms with Gasteiger partial charge in [-0.15, -0.1) is 0 Å². The molecule has 1 aliphatic heterocycles. The first-order valence-corrected chi connectivity index (χ1v) is 8.96. The van der Waals surface area contributed by atoms with E-state index < -0.39 is 42.5 Å². The lowest BCUT2D eigenvalue weighted by atomic mass is 9.92. The largest absolute Gasteiger partial charge is 0.454 e. The molecule has 4 amide bonds. The zero-order chi connectivity index (χ0) is 19.6. The molecule has 2 atom stereocenters. The van der Waals surface area contributed by atoms with Crippen LogP contribution in [-0.4, -0.2) is 47.9 Å². The van der Waals surface area contributed by atoms with Gasteiger partial charge in [0.15, 0.2) is 6.61 Å². The van der Waals surface area contributed by atoms with Gasteiger partial charge >= 0.3 is 12.0 Å². The summed E-state index contributed by atoms with van der Waals surface area (Å²) in [5.74, 6) is -1.26. The normalized spacial score (nSPS) is 23.0. The number of carbonyl (C=O) groups is 4. The molecule has 8 heteroatoms. The van der Waals surface area contributed by atoms with Gasteiger partial charge in [0.2, 0.25) is 0 Å². The summed E-state index contributed by atoms with van der Waals surface area (Å²) in [5.41, 5.74) is -0.622. The highest BCUT2D eigenvalue weighted by Crippen LogP contribution is 2.32. The number of urea groups is 1. The van der Waals surface area contributed by atoms with E-state index in [1.807, 2.05) is 6.92 Å². The van der Waals surface area contributed by atoms with Crippen LogP contribution >= 0.6 is 0 Å². The number of amides is 4. The van der Waals surface area contributed by atoms with Gasteiger partial charge < -0.3 is 15.4 Å². The highest BCUT2D eigenvalue weighted by atomic mass is 16.5. The second-order valence-electron chi connectivity index (χ2n) is 7.17. The Morgan fingerprint density at radius 1 is 1.30 bits per heavy atom. The predicted molar refractivity (Wildman–Crippen MR) is 95.3 cm³/mol. The molecule has 1 aliphatic carbocycles. The van der Waals surface area contributed by atoms with E-state index in [9.17, 15) is 19.2 Å². The summed E-state index contributed by atoms with van der Waals surface area (Å²) in [6.07, 6.45) is 2.18. The molecule has 2 N–H and O–H groups in total. The smallest absolute Gasteiger partial charge is 0.326 e. The van der Waals surface area contributed by atoms with Crippen molar-refractivity contribution in [2.45, 2.75) is 38.3 Å². The van der Waals surface area contributed by atoms with E-state index in [1.54, 1.807) is 37.3 Å². The molecule has 144 valence electrons. The van der Waals surface area contributed by atoms with E-state index in [-0.39, 0.29) is 6.04 Å². The third-order valence-corrected chi connectivity index (χ3v) is 5.00. The third-order valence-electron chi connectivity index (χ3n) is 5.00. The van der Waals surface area contributed by atoms with Crippen molar-refractivity contribution in [2.75, 3.05) is 13.2 Å². The van der Waals surface area contributed by atoms with Crippen LogP contribution in [0.5, 0.6) is 0 Å². The second kappa shape index (κ2) is 7.38. The summed E-state index contributed by atoms with van der Waals surface area (Å²) in [5, 5.41) is 5.38. The van der Waals surface area contributed by atoms with E-state index in [1.165, 1.54) is 0 Å². The van der Waals surface area contributed by atoms with Crippen molar-refractivity contribution in [3.05, 3.63) is 35.9 Å². The third kappa shape index (κ3) is 4.10. The number of imide groups is 1. The van der Waals surface area contributed by atoms with Gasteiger partial charge in [0.05, 0.1) is 0 Å². The second-order valence-corrected chi connectivity index (χ2v) is 7.17. The molecule has 1 heterocycles. The molecule has 1 saturated carbocycles. The number of nitrogens with one attached hydrogen (secondary N) is 2. The Morgan fingerprint density at radius 3 is 2.59 bits per heavy atom. The van der Waals surface area contributed by atoms with Crippen molar-refractivity contribution in [3.8, 4) is 0 Å². The van der Waals surface area contributed by atoms with Gasteiger partial charge in [0.25, 0.3) is 11.8 Å². The predicted octanol–water partition coefficient (Wildman–Crippen LogP) is 0.912. The number of esters is 1. The molecule has 8 nitrogen and oxygen atoms in total. The molecule has 0 bridgehead atoms. The minimum absolute atomic E-state index is 0.0497. The fourth-order valence-electron chi connectivity index (χ4n) is 3.14. The van der Waals surface area contributed by atoms with Crippen LogP contribution < -0.4 is 10.6 Å². The lowest BCUT2D eigenvalue weighted by Gasteiger charge is -2.21. The van der Waals surface area contributed by atoms with Gasteiger partial charge in [-0.2, -0.15) is 0 Å². The average molecular weight is 373 g/mol. The van der Waals surface area contributed by atoms with Gasteiger partial charge in [-0.1, -0.05) is 30.3 Å². The van der Waals surface area contributed by atoms with E-state index in [0.29, 0.717) is 11.5 Å². The molecule has 1 saturated heterocycles. The lowest BCUT2D eigenvalue weighted by Crippen LogP contribution is -2.42. The number of ether oxygens (including phenoxy) is 1. The van der Waals surface area contributed by atoms with Crippen LogP contribution in [0.15, 0.2) is 30.3 Å². The summed E-state index contributed by atoms with van der Waals surface area (Å²) in [4.78, 5) is 49.5. The van der Waals surface area contributed by atoms with E-state index >= 15 is 0 Å². The molecular formula is C19H23N3O5. The SMILES string of the molecule is C[C@H](NC(=O)COC(=O)CN1C(=O)N[C@](C)(c2ccccc2)C1=O)C1CC1. The topological polar surface area (TPSA) is 105 Å². The van der Waals surface area contributed by atoms with Gasteiger partial charge in [0.1, 0.15) is 12.1 Å². The Hall–Kier alpha value is -2.90.